The zero-order valence-electron chi connectivity index (χ0n) is 17.0. The number of hydrogen-bond donors (Lipinski definition) is 1. The van der Waals surface area contributed by atoms with E-state index in [1.807, 2.05) is 12.1 Å². The highest BCUT2D eigenvalue weighted by Gasteiger charge is 2.18. The molecule has 0 atom stereocenters. The third-order valence-electron chi connectivity index (χ3n) is 5.27. The van der Waals surface area contributed by atoms with Crippen LogP contribution in [0.25, 0.3) is 0 Å². The van der Waals surface area contributed by atoms with Gasteiger partial charge in [-0.1, -0.05) is 36.8 Å². The largest absolute Gasteiger partial charge is 0.465 e. The fourth-order valence-corrected chi connectivity index (χ4v) is 4.54. The molecule has 2 aromatic carbocycles. The fraction of sp³-hybridized carbons (Fsp3) is 0.409. The maximum absolute atomic E-state index is 12.6. The molecule has 7 heteroatoms. The van der Waals surface area contributed by atoms with Gasteiger partial charge in [-0.05, 0) is 61.7 Å². The third kappa shape index (κ3) is 5.65. The molecule has 2 aromatic rings. The Labute approximate surface area is 172 Å². The van der Waals surface area contributed by atoms with E-state index < -0.39 is 16.0 Å². The molecule has 0 amide bonds. The van der Waals surface area contributed by atoms with Gasteiger partial charge in [0.1, 0.15) is 0 Å². The van der Waals surface area contributed by atoms with Crippen LogP contribution in [0.1, 0.15) is 46.3 Å². The first-order chi connectivity index (χ1) is 13.9. The summed E-state index contributed by atoms with van der Waals surface area (Å²) in [6.45, 7) is 5.15. The van der Waals surface area contributed by atoms with E-state index in [0.717, 1.165) is 25.2 Å². The summed E-state index contributed by atoms with van der Waals surface area (Å²) in [7, 11) is -2.46. The molecule has 0 bridgehead atoms. The lowest BCUT2D eigenvalue weighted by Gasteiger charge is -2.26. The van der Waals surface area contributed by atoms with Crippen molar-refractivity contribution in [2.75, 3.05) is 20.2 Å². The van der Waals surface area contributed by atoms with E-state index in [1.165, 1.54) is 44.1 Å². The predicted octanol–water partition coefficient (Wildman–Crippen LogP) is 3.25. The first-order valence-electron chi connectivity index (χ1n) is 9.88. The number of carbonyl (C=O) groups is 1. The number of methoxy groups -OCH3 is 1. The Kier molecular flexibility index (Phi) is 7.05. The van der Waals surface area contributed by atoms with E-state index >= 15 is 0 Å². The number of aryl methyl sites for hydroxylation is 1. The number of sulfonamides is 1. The van der Waals surface area contributed by atoms with Gasteiger partial charge >= 0.3 is 5.97 Å². The summed E-state index contributed by atoms with van der Waals surface area (Å²) in [5.74, 6) is -0.552. The average Bonchev–Trinajstić information content (AvgIpc) is 2.73. The van der Waals surface area contributed by atoms with Crippen molar-refractivity contribution in [1.29, 1.82) is 0 Å². The summed E-state index contributed by atoms with van der Waals surface area (Å²) in [5.41, 5.74) is 3.04. The van der Waals surface area contributed by atoms with Crippen LogP contribution in [0, 0.1) is 6.92 Å². The maximum atomic E-state index is 12.6. The standard InChI is InChI=1S/C22H28N2O4S/c1-17-6-11-20(14-21(17)22(25)28-2)29(26,27)23-15-18-7-9-19(10-8-18)16-24-12-4-3-5-13-24/h6-11,14,23H,3-5,12-13,15-16H2,1-2H3. The number of piperidine rings is 1. The van der Waals surface area contributed by atoms with Crippen LogP contribution < -0.4 is 4.72 Å². The summed E-state index contributed by atoms with van der Waals surface area (Å²) < 4.78 is 32.6. The van der Waals surface area contributed by atoms with E-state index in [9.17, 15) is 13.2 Å². The zero-order valence-corrected chi connectivity index (χ0v) is 17.8. The van der Waals surface area contributed by atoms with Gasteiger partial charge in [0.2, 0.25) is 10.0 Å². The van der Waals surface area contributed by atoms with E-state index in [-0.39, 0.29) is 17.0 Å². The summed E-state index contributed by atoms with van der Waals surface area (Å²) >= 11 is 0. The van der Waals surface area contributed by atoms with E-state index in [2.05, 4.69) is 21.8 Å². The van der Waals surface area contributed by atoms with Crippen LogP contribution in [0.2, 0.25) is 0 Å². The molecule has 1 heterocycles. The molecule has 0 unspecified atom stereocenters. The van der Waals surface area contributed by atoms with Crippen molar-refractivity contribution in [2.45, 2.75) is 44.2 Å². The van der Waals surface area contributed by atoms with Crippen LogP contribution in [0.5, 0.6) is 0 Å². The zero-order chi connectivity index (χ0) is 20.9. The molecule has 1 saturated heterocycles. The van der Waals surface area contributed by atoms with Crippen molar-refractivity contribution in [2.24, 2.45) is 0 Å². The molecular weight excluding hydrogens is 388 g/mol. The van der Waals surface area contributed by atoms with Gasteiger partial charge in [-0.3, -0.25) is 4.90 Å². The molecule has 3 rings (SSSR count). The van der Waals surface area contributed by atoms with Crippen molar-refractivity contribution < 1.29 is 17.9 Å². The molecule has 0 saturated carbocycles. The molecule has 1 N–H and O–H groups in total. The molecule has 6 nitrogen and oxygen atoms in total. The summed E-state index contributed by atoms with van der Waals surface area (Å²) in [5, 5.41) is 0. The predicted molar refractivity (Wildman–Crippen MR) is 112 cm³/mol. The van der Waals surface area contributed by atoms with Crippen LogP contribution in [0.3, 0.4) is 0 Å². The molecule has 29 heavy (non-hydrogen) atoms. The second-order valence-electron chi connectivity index (χ2n) is 7.45. The second kappa shape index (κ2) is 9.52. The summed E-state index contributed by atoms with van der Waals surface area (Å²) in [4.78, 5) is 14.3. The highest BCUT2D eigenvalue weighted by atomic mass is 32.2. The number of ether oxygens (including phenoxy) is 1. The molecule has 1 aliphatic heterocycles. The smallest absolute Gasteiger partial charge is 0.338 e. The van der Waals surface area contributed by atoms with Crippen molar-refractivity contribution in [3.8, 4) is 0 Å². The monoisotopic (exact) mass is 416 g/mol. The highest BCUT2D eigenvalue weighted by Crippen LogP contribution is 2.18. The van der Waals surface area contributed by atoms with Gasteiger partial charge in [0, 0.05) is 13.1 Å². The number of likely N-dealkylation sites (tertiary alicyclic amines) is 1. The van der Waals surface area contributed by atoms with E-state index in [4.69, 9.17) is 4.74 Å². The van der Waals surface area contributed by atoms with Crippen molar-refractivity contribution in [3.05, 3.63) is 64.7 Å². The van der Waals surface area contributed by atoms with Gasteiger partial charge in [-0.15, -0.1) is 0 Å². The number of nitrogens with one attached hydrogen (secondary N) is 1. The van der Waals surface area contributed by atoms with E-state index in [0.29, 0.717) is 5.56 Å². The van der Waals surface area contributed by atoms with Crippen LogP contribution >= 0.6 is 0 Å². The third-order valence-corrected chi connectivity index (χ3v) is 6.67. The molecule has 0 aliphatic carbocycles. The van der Waals surface area contributed by atoms with Gasteiger partial charge in [0.15, 0.2) is 0 Å². The first kappa shape index (κ1) is 21.5. The maximum Gasteiger partial charge on any atom is 0.338 e. The highest BCUT2D eigenvalue weighted by molar-refractivity contribution is 7.89. The molecule has 156 valence electrons. The average molecular weight is 417 g/mol. The summed E-state index contributed by atoms with van der Waals surface area (Å²) in [6.07, 6.45) is 3.84. The lowest BCUT2D eigenvalue weighted by Crippen LogP contribution is -2.29. The van der Waals surface area contributed by atoms with Gasteiger partial charge in [0.05, 0.1) is 17.6 Å². The normalized spacial score (nSPS) is 15.2. The molecule has 0 spiro atoms. The van der Waals surface area contributed by atoms with E-state index in [1.54, 1.807) is 13.0 Å². The van der Waals surface area contributed by atoms with Crippen LogP contribution in [0.4, 0.5) is 0 Å². The minimum Gasteiger partial charge on any atom is -0.465 e. The minimum absolute atomic E-state index is 0.0465. The van der Waals surface area contributed by atoms with Crippen molar-refractivity contribution in [1.82, 2.24) is 9.62 Å². The fourth-order valence-electron chi connectivity index (χ4n) is 3.50. The Morgan fingerprint density at radius 1 is 1.03 bits per heavy atom. The van der Waals surface area contributed by atoms with Crippen molar-refractivity contribution >= 4 is 16.0 Å². The van der Waals surface area contributed by atoms with Gasteiger partial charge in [-0.2, -0.15) is 0 Å². The minimum atomic E-state index is -3.74. The Morgan fingerprint density at radius 2 is 1.69 bits per heavy atom. The van der Waals surface area contributed by atoms with Crippen LogP contribution in [0.15, 0.2) is 47.4 Å². The van der Waals surface area contributed by atoms with Gasteiger partial charge in [-0.25, -0.2) is 17.9 Å². The number of rotatable bonds is 7. The Bertz CT molecular complexity index is 949. The Morgan fingerprint density at radius 3 is 2.34 bits per heavy atom. The van der Waals surface area contributed by atoms with Gasteiger partial charge in [0.25, 0.3) is 0 Å². The molecule has 1 aliphatic rings. The topological polar surface area (TPSA) is 75.7 Å². The van der Waals surface area contributed by atoms with Crippen molar-refractivity contribution in [3.63, 3.8) is 0 Å². The first-order valence-corrected chi connectivity index (χ1v) is 11.4. The number of benzene rings is 2. The second-order valence-corrected chi connectivity index (χ2v) is 9.21. The lowest BCUT2D eigenvalue weighted by molar-refractivity contribution is 0.0599. The number of esters is 1. The Hall–Kier alpha value is -2.22. The van der Waals surface area contributed by atoms with Crippen LogP contribution in [-0.4, -0.2) is 39.5 Å². The Balaban J connectivity index is 1.63. The molecule has 1 fully saturated rings. The van der Waals surface area contributed by atoms with Crippen LogP contribution in [-0.2, 0) is 27.8 Å². The molecular formula is C22H28N2O4S. The molecule has 0 radical (unpaired) electrons. The quantitative estimate of drug-likeness (QED) is 0.702. The SMILES string of the molecule is COC(=O)c1cc(S(=O)(=O)NCc2ccc(CN3CCCCC3)cc2)ccc1C. The number of nitrogens with zero attached hydrogens (tertiary/aromatic N) is 1. The number of hydrogen-bond acceptors (Lipinski definition) is 5. The molecule has 0 aromatic heterocycles. The summed E-state index contributed by atoms with van der Waals surface area (Å²) in [6, 6.07) is 12.5. The lowest BCUT2D eigenvalue weighted by atomic mass is 10.1. The number of carbonyl (C=O) groups excluding carboxylic acids is 1. The van der Waals surface area contributed by atoms with Gasteiger partial charge < -0.3 is 4.74 Å².